The molecule has 1 aliphatic heterocycles. The summed E-state index contributed by atoms with van der Waals surface area (Å²) in [4.78, 5) is 16.4. The van der Waals surface area contributed by atoms with Gasteiger partial charge in [0.1, 0.15) is 11.9 Å². The maximum absolute atomic E-state index is 11.7. The van der Waals surface area contributed by atoms with Crippen LogP contribution in [0, 0.1) is 6.92 Å². The minimum Gasteiger partial charge on any atom is -0.488 e. The lowest BCUT2D eigenvalue weighted by Crippen LogP contribution is -2.37. The molecule has 7 nitrogen and oxygen atoms in total. The summed E-state index contributed by atoms with van der Waals surface area (Å²) in [6.07, 6.45) is 1.03. The summed E-state index contributed by atoms with van der Waals surface area (Å²) in [6, 6.07) is 13.7. The van der Waals surface area contributed by atoms with Crippen LogP contribution in [0.5, 0.6) is 5.75 Å². The highest BCUT2D eigenvalue weighted by atomic mass is 127. The molecule has 1 fully saturated rings. The number of aryl methyl sites for hydroxylation is 1. The van der Waals surface area contributed by atoms with Gasteiger partial charge >= 0.3 is 0 Å². The highest BCUT2D eigenvalue weighted by molar-refractivity contribution is 14.0. The van der Waals surface area contributed by atoms with Gasteiger partial charge in [0.25, 0.3) is 5.91 Å². The Morgan fingerprint density at radius 3 is 2.62 bits per heavy atom. The lowest BCUT2D eigenvalue weighted by molar-refractivity contribution is 0.0963. The molecule has 1 atom stereocenters. The predicted octanol–water partition coefficient (Wildman–Crippen LogP) is 3.40. The summed E-state index contributed by atoms with van der Waals surface area (Å²) in [5, 5.41) is 9.30. The fourth-order valence-corrected chi connectivity index (χ4v) is 3.30. The number of nitrogens with one attached hydrogen (secondary N) is 3. The molecule has 1 unspecified atom stereocenters. The number of carbonyl (C=O) groups excluding carboxylic acids is 1. The maximum Gasteiger partial charge on any atom is 0.251 e. The van der Waals surface area contributed by atoms with Gasteiger partial charge in [-0.2, -0.15) is 0 Å². The van der Waals surface area contributed by atoms with Crippen molar-refractivity contribution in [1.82, 2.24) is 16.0 Å². The molecule has 1 amide bonds. The van der Waals surface area contributed by atoms with Crippen molar-refractivity contribution in [3.63, 3.8) is 0 Å². The van der Waals surface area contributed by atoms with Crippen LogP contribution in [-0.2, 0) is 17.8 Å². The molecule has 32 heavy (non-hydrogen) atoms. The summed E-state index contributed by atoms with van der Waals surface area (Å²) in [5.74, 6) is 1.53. The van der Waals surface area contributed by atoms with E-state index in [0.29, 0.717) is 25.3 Å². The van der Waals surface area contributed by atoms with Gasteiger partial charge in [0.2, 0.25) is 0 Å². The Kier molecular flexibility index (Phi) is 10.8. The van der Waals surface area contributed by atoms with Gasteiger partial charge in [-0.15, -0.1) is 24.0 Å². The number of ether oxygens (including phenoxy) is 2. The number of amides is 1. The normalized spacial score (nSPS) is 15.6. The second kappa shape index (κ2) is 13.3. The zero-order chi connectivity index (χ0) is 22.1. The van der Waals surface area contributed by atoms with E-state index in [2.05, 4.69) is 46.1 Å². The van der Waals surface area contributed by atoms with E-state index in [0.717, 1.165) is 42.4 Å². The van der Waals surface area contributed by atoms with Crippen LogP contribution in [0.4, 0.5) is 0 Å². The topological polar surface area (TPSA) is 84.0 Å². The highest BCUT2D eigenvalue weighted by Crippen LogP contribution is 2.23. The van der Waals surface area contributed by atoms with Crippen LogP contribution in [0.15, 0.2) is 47.5 Å². The zero-order valence-electron chi connectivity index (χ0n) is 18.9. The molecule has 0 aliphatic carbocycles. The molecule has 0 spiro atoms. The van der Waals surface area contributed by atoms with Crippen molar-refractivity contribution in [3.8, 4) is 5.75 Å². The fourth-order valence-electron chi connectivity index (χ4n) is 3.30. The van der Waals surface area contributed by atoms with E-state index in [9.17, 15) is 4.79 Å². The Balaban J connectivity index is 0.00000363. The third-order valence-corrected chi connectivity index (χ3v) is 5.06. The number of aliphatic imine (C=N–C) groups is 1. The second-order valence-corrected chi connectivity index (χ2v) is 7.54. The minimum absolute atomic E-state index is 0. The fraction of sp³-hybridized carbons (Fsp3) is 0.417. The largest absolute Gasteiger partial charge is 0.488 e. The van der Waals surface area contributed by atoms with E-state index < -0.39 is 0 Å². The first kappa shape index (κ1) is 25.9. The summed E-state index contributed by atoms with van der Waals surface area (Å²) in [5.41, 5.74) is 3.92. The van der Waals surface area contributed by atoms with Crippen molar-refractivity contribution in [3.05, 3.63) is 64.7 Å². The second-order valence-electron chi connectivity index (χ2n) is 7.54. The standard InChI is InChI=1S/C24H32N4O3.HI/c1-4-26-24(27-14-18-6-9-19(10-7-18)23(29)25-3)28-15-20-8-5-17(2)13-22(20)31-21-11-12-30-16-21;/h5-10,13,21H,4,11-12,14-16H2,1-3H3,(H,25,29)(H2,26,27,28);1H. The molecule has 0 saturated carbocycles. The van der Waals surface area contributed by atoms with E-state index >= 15 is 0 Å². The van der Waals surface area contributed by atoms with Crippen molar-refractivity contribution >= 4 is 35.8 Å². The van der Waals surface area contributed by atoms with Crippen LogP contribution in [0.25, 0.3) is 0 Å². The summed E-state index contributed by atoms with van der Waals surface area (Å²) < 4.78 is 11.6. The van der Waals surface area contributed by atoms with Gasteiger partial charge in [0.05, 0.1) is 19.8 Å². The van der Waals surface area contributed by atoms with E-state index in [4.69, 9.17) is 9.47 Å². The molecule has 0 aromatic heterocycles. The van der Waals surface area contributed by atoms with Crippen LogP contribution in [0.1, 0.15) is 40.4 Å². The molecule has 0 radical (unpaired) electrons. The summed E-state index contributed by atoms with van der Waals surface area (Å²) >= 11 is 0. The van der Waals surface area contributed by atoms with E-state index in [1.54, 1.807) is 7.05 Å². The van der Waals surface area contributed by atoms with Crippen LogP contribution < -0.4 is 20.7 Å². The number of hydrogen-bond donors (Lipinski definition) is 3. The lowest BCUT2D eigenvalue weighted by atomic mass is 10.1. The number of rotatable bonds is 8. The molecule has 2 aromatic carbocycles. The average molecular weight is 552 g/mol. The van der Waals surface area contributed by atoms with Crippen molar-refractivity contribution in [1.29, 1.82) is 0 Å². The molecule has 1 heterocycles. The smallest absolute Gasteiger partial charge is 0.251 e. The van der Waals surface area contributed by atoms with Crippen molar-refractivity contribution < 1.29 is 14.3 Å². The highest BCUT2D eigenvalue weighted by Gasteiger charge is 2.18. The summed E-state index contributed by atoms with van der Waals surface area (Å²) in [6.45, 7) is 7.38. The van der Waals surface area contributed by atoms with Gasteiger partial charge in [0, 0.05) is 37.7 Å². The zero-order valence-corrected chi connectivity index (χ0v) is 21.3. The van der Waals surface area contributed by atoms with E-state index in [-0.39, 0.29) is 36.0 Å². The number of halogens is 1. The molecule has 174 valence electrons. The number of nitrogens with zero attached hydrogens (tertiary/aromatic N) is 1. The molecule has 1 aliphatic rings. The van der Waals surface area contributed by atoms with Gasteiger partial charge < -0.3 is 25.4 Å². The predicted molar refractivity (Wildman–Crippen MR) is 138 cm³/mol. The van der Waals surface area contributed by atoms with Gasteiger partial charge in [-0.05, 0) is 43.2 Å². The van der Waals surface area contributed by atoms with Crippen LogP contribution in [0.3, 0.4) is 0 Å². The monoisotopic (exact) mass is 552 g/mol. The number of hydrogen-bond acceptors (Lipinski definition) is 4. The van der Waals surface area contributed by atoms with Crippen molar-refractivity contribution in [2.75, 3.05) is 26.8 Å². The Hall–Kier alpha value is -2.33. The molecular weight excluding hydrogens is 519 g/mol. The molecule has 3 N–H and O–H groups in total. The molecule has 3 rings (SSSR count). The van der Waals surface area contributed by atoms with Crippen LogP contribution in [-0.4, -0.2) is 44.8 Å². The Bertz CT molecular complexity index is 897. The number of guanidine groups is 1. The quantitative estimate of drug-likeness (QED) is 0.266. The third-order valence-electron chi connectivity index (χ3n) is 5.06. The lowest BCUT2D eigenvalue weighted by Gasteiger charge is -2.18. The number of benzene rings is 2. The average Bonchev–Trinajstić information content (AvgIpc) is 3.29. The Labute approximate surface area is 207 Å². The molecule has 0 bridgehead atoms. The number of carbonyl (C=O) groups is 1. The first-order valence-electron chi connectivity index (χ1n) is 10.8. The van der Waals surface area contributed by atoms with Gasteiger partial charge in [-0.25, -0.2) is 4.99 Å². The first-order chi connectivity index (χ1) is 15.1. The molecule has 2 aromatic rings. The van der Waals surface area contributed by atoms with Gasteiger partial charge in [-0.3, -0.25) is 4.79 Å². The van der Waals surface area contributed by atoms with Crippen LogP contribution in [0.2, 0.25) is 0 Å². The Morgan fingerprint density at radius 2 is 1.97 bits per heavy atom. The molecule has 8 heteroatoms. The summed E-state index contributed by atoms with van der Waals surface area (Å²) in [7, 11) is 1.63. The first-order valence-corrected chi connectivity index (χ1v) is 10.8. The minimum atomic E-state index is -0.0923. The van der Waals surface area contributed by atoms with Crippen LogP contribution >= 0.6 is 24.0 Å². The Morgan fingerprint density at radius 1 is 1.19 bits per heavy atom. The van der Waals surface area contributed by atoms with Crippen molar-refractivity contribution in [2.45, 2.75) is 39.5 Å². The SMILES string of the molecule is CCNC(=NCc1ccc(C(=O)NC)cc1)NCc1ccc(C)cc1OC1CCOC1.I. The van der Waals surface area contributed by atoms with Crippen molar-refractivity contribution in [2.24, 2.45) is 4.99 Å². The van der Waals surface area contributed by atoms with Gasteiger partial charge in [-0.1, -0.05) is 24.3 Å². The molecule has 1 saturated heterocycles. The van der Waals surface area contributed by atoms with E-state index in [1.807, 2.05) is 31.2 Å². The van der Waals surface area contributed by atoms with Gasteiger partial charge in [0.15, 0.2) is 5.96 Å². The third kappa shape index (κ3) is 7.67. The van der Waals surface area contributed by atoms with E-state index in [1.165, 1.54) is 5.56 Å². The maximum atomic E-state index is 11.7. The molecular formula is C24H33IN4O3.